The summed E-state index contributed by atoms with van der Waals surface area (Å²) in [6.45, 7) is 5.50. The Morgan fingerprint density at radius 2 is 1.61 bits per heavy atom. The van der Waals surface area contributed by atoms with Crippen molar-refractivity contribution in [1.29, 1.82) is 5.26 Å². The Morgan fingerprint density at radius 3 is 2.04 bits per heavy atom. The molecular formula is C17H17NO4S. The van der Waals surface area contributed by atoms with Gasteiger partial charge in [-0.3, -0.25) is 4.55 Å². The minimum absolute atomic E-state index is 0.409. The number of benzene rings is 2. The van der Waals surface area contributed by atoms with Gasteiger partial charge in [-0.15, -0.1) is 0 Å². The molecule has 0 aliphatic carbocycles. The molecule has 6 heteroatoms. The molecule has 0 aromatic heterocycles. The zero-order chi connectivity index (χ0) is 17.4. The molecule has 2 aromatic carbocycles. The van der Waals surface area contributed by atoms with Crippen LogP contribution in [-0.4, -0.2) is 18.1 Å². The summed E-state index contributed by atoms with van der Waals surface area (Å²) < 4.78 is 32.5. The fraction of sp³-hybridized carbons (Fsp3) is 0.235. The Hall–Kier alpha value is -2.36. The zero-order valence-electron chi connectivity index (χ0n) is 13.0. The number of hydrogen-bond donors (Lipinski definition) is 2. The van der Waals surface area contributed by atoms with Crippen LogP contribution in [0.1, 0.15) is 31.9 Å². The number of aromatic hydroxyl groups is 1. The van der Waals surface area contributed by atoms with Crippen LogP contribution in [0.5, 0.6) is 5.75 Å². The smallest absolute Gasteiger partial charge is 0.298 e. The normalized spacial score (nSPS) is 12.0. The standard InChI is InChI=1S/C17H17NO4S/c1-17(2,3)14-8-13(9-15(16(14)19)23(20,21)22)12-6-4-11(10-18)5-7-12/h4-9,19H,1-3H3,(H,20,21,22). The topological polar surface area (TPSA) is 98.4 Å². The average molecular weight is 331 g/mol. The molecule has 2 rings (SSSR count). The monoisotopic (exact) mass is 331 g/mol. The summed E-state index contributed by atoms with van der Waals surface area (Å²) >= 11 is 0. The van der Waals surface area contributed by atoms with Gasteiger partial charge in [0.15, 0.2) is 0 Å². The van der Waals surface area contributed by atoms with Crippen LogP contribution < -0.4 is 0 Å². The van der Waals surface area contributed by atoms with E-state index in [1.165, 1.54) is 6.07 Å². The number of phenolic OH excluding ortho intramolecular Hbond substituents is 1. The Bertz CT molecular complexity index is 886. The highest BCUT2D eigenvalue weighted by molar-refractivity contribution is 7.86. The minimum Gasteiger partial charge on any atom is -0.506 e. The third kappa shape index (κ3) is 3.52. The molecule has 0 unspecified atom stereocenters. The molecule has 0 heterocycles. The molecule has 0 amide bonds. The summed E-state index contributed by atoms with van der Waals surface area (Å²) in [5, 5.41) is 19.1. The summed E-state index contributed by atoms with van der Waals surface area (Å²) in [6.07, 6.45) is 0. The van der Waals surface area contributed by atoms with Crippen molar-refractivity contribution in [2.75, 3.05) is 0 Å². The van der Waals surface area contributed by atoms with Crippen LogP contribution in [0.4, 0.5) is 0 Å². The summed E-state index contributed by atoms with van der Waals surface area (Å²) in [5.74, 6) is -0.447. The van der Waals surface area contributed by atoms with Crippen molar-refractivity contribution in [3.8, 4) is 22.9 Å². The highest BCUT2D eigenvalue weighted by Gasteiger charge is 2.26. The summed E-state index contributed by atoms with van der Waals surface area (Å²) in [6, 6.07) is 11.5. The van der Waals surface area contributed by atoms with E-state index >= 15 is 0 Å². The molecule has 0 aliphatic rings. The lowest BCUT2D eigenvalue weighted by molar-refractivity contribution is 0.423. The zero-order valence-corrected chi connectivity index (χ0v) is 13.8. The molecule has 0 saturated heterocycles. The van der Waals surface area contributed by atoms with Crippen molar-refractivity contribution in [2.24, 2.45) is 0 Å². The SMILES string of the molecule is CC(C)(C)c1cc(-c2ccc(C#N)cc2)cc(S(=O)(=O)O)c1O. The number of phenols is 1. The molecule has 5 nitrogen and oxygen atoms in total. The van der Waals surface area contributed by atoms with Crippen LogP contribution in [0.2, 0.25) is 0 Å². The molecule has 0 atom stereocenters. The molecule has 0 bridgehead atoms. The van der Waals surface area contributed by atoms with Gasteiger partial charge in [0.2, 0.25) is 0 Å². The summed E-state index contributed by atoms with van der Waals surface area (Å²) in [5.41, 5.74) is 1.58. The third-order valence-electron chi connectivity index (χ3n) is 3.51. The van der Waals surface area contributed by atoms with E-state index in [0.717, 1.165) is 0 Å². The average Bonchev–Trinajstić information content (AvgIpc) is 2.45. The third-order valence-corrected chi connectivity index (χ3v) is 4.38. The lowest BCUT2D eigenvalue weighted by atomic mass is 9.84. The highest BCUT2D eigenvalue weighted by Crippen LogP contribution is 2.39. The lowest BCUT2D eigenvalue weighted by Crippen LogP contribution is -2.13. The first kappa shape index (κ1) is 17.0. The Kier molecular flexibility index (Phi) is 4.20. The first-order valence-corrected chi connectivity index (χ1v) is 8.33. The predicted molar refractivity (Wildman–Crippen MR) is 86.8 cm³/mol. The van der Waals surface area contributed by atoms with Crippen molar-refractivity contribution in [3.63, 3.8) is 0 Å². The number of hydrogen-bond acceptors (Lipinski definition) is 4. The van der Waals surface area contributed by atoms with Gasteiger partial charge in [0.25, 0.3) is 10.1 Å². The molecule has 0 aliphatic heterocycles. The van der Waals surface area contributed by atoms with Crippen molar-refractivity contribution in [3.05, 3.63) is 47.5 Å². The largest absolute Gasteiger partial charge is 0.506 e. The molecule has 120 valence electrons. The first-order valence-electron chi connectivity index (χ1n) is 6.89. The van der Waals surface area contributed by atoms with E-state index in [-0.39, 0.29) is 0 Å². The molecule has 2 aromatic rings. The van der Waals surface area contributed by atoms with Gasteiger partial charge in [-0.1, -0.05) is 32.9 Å². The second-order valence-electron chi connectivity index (χ2n) is 6.28. The Morgan fingerprint density at radius 1 is 1.04 bits per heavy atom. The minimum atomic E-state index is -4.56. The Balaban J connectivity index is 2.76. The van der Waals surface area contributed by atoms with Gasteiger partial charge >= 0.3 is 0 Å². The molecule has 23 heavy (non-hydrogen) atoms. The lowest BCUT2D eigenvalue weighted by Gasteiger charge is -2.22. The van der Waals surface area contributed by atoms with Crippen molar-refractivity contribution < 1.29 is 18.1 Å². The quantitative estimate of drug-likeness (QED) is 0.821. The fourth-order valence-electron chi connectivity index (χ4n) is 2.28. The van der Waals surface area contributed by atoms with E-state index in [1.807, 2.05) is 26.8 Å². The maximum atomic E-state index is 11.6. The van der Waals surface area contributed by atoms with E-state index in [0.29, 0.717) is 22.3 Å². The van der Waals surface area contributed by atoms with Crippen LogP contribution in [0.3, 0.4) is 0 Å². The maximum absolute atomic E-state index is 11.6. The van der Waals surface area contributed by atoms with Crippen LogP contribution >= 0.6 is 0 Å². The number of nitriles is 1. The molecule has 0 spiro atoms. The van der Waals surface area contributed by atoms with Crippen molar-refractivity contribution in [1.82, 2.24) is 0 Å². The van der Waals surface area contributed by atoms with Gasteiger partial charge in [-0.25, -0.2) is 0 Å². The van der Waals surface area contributed by atoms with E-state index in [4.69, 9.17) is 5.26 Å². The second kappa shape index (κ2) is 5.69. The van der Waals surface area contributed by atoms with E-state index in [9.17, 15) is 18.1 Å². The highest BCUT2D eigenvalue weighted by atomic mass is 32.2. The van der Waals surface area contributed by atoms with Gasteiger partial charge < -0.3 is 5.11 Å². The van der Waals surface area contributed by atoms with Crippen LogP contribution in [0.25, 0.3) is 11.1 Å². The number of nitrogens with zero attached hydrogens (tertiary/aromatic N) is 1. The van der Waals surface area contributed by atoms with E-state index < -0.39 is 26.2 Å². The molecular weight excluding hydrogens is 314 g/mol. The molecule has 0 saturated carbocycles. The second-order valence-corrected chi connectivity index (χ2v) is 7.67. The Labute approximate surface area is 135 Å². The van der Waals surface area contributed by atoms with Gasteiger partial charge in [-0.2, -0.15) is 13.7 Å². The van der Waals surface area contributed by atoms with Crippen LogP contribution in [-0.2, 0) is 15.5 Å². The predicted octanol–water partition coefficient (Wildman–Crippen LogP) is 3.48. The summed E-state index contributed by atoms with van der Waals surface area (Å²) in [7, 11) is -4.56. The van der Waals surface area contributed by atoms with Gasteiger partial charge in [0, 0.05) is 5.56 Å². The van der Waals surface area contributed by atoms with Crippen LogP contribution in [0.15, 0.2) is 41.3 Å². The maximum Gasteiger partial charge on any atom is 0.298 e. The van der Waals surface area contributed by atoms with Gasteiger partial charge in [-0.05, 0) is 40.8 Å². The van der Waals surface area contributed by atoms with E-state index in [1.54, 1.807) is 30.3 Å². The van der Waals surface area contributed by atoms with Gasteiger partial charge in [0.1, 0.15) is 10.6 Å². The van der Waals surface area contributed by atoms with Crippen molar-refractivity contribution in [2.45, 2.75) is 31.1 Å². The molecule has 0 fully saturated rings. The van der Waals surface area contributed by atoms with Gasteiger partial charge in [0.05, 0.1) is 11.6 Å². The molecule has 2 N–H and O–H groups in total. The van der Waals surface area contributed by atoms with Crippen molar-refractivity contribution >= 4 is 10.1 Å². The number of rotatable bonds is 2. The van der Waals surface area contributed by atoms with E-state index in [2.05, 4.69) is 0 Å². The summed E-state index contributed by atoms with van der Waals surface area (Å²) in [4.78, 5) is -0.524. The first-order chi connectivity index (χ1) is 10.5. The molecule has 0 radical (unpaired) electrons. The van der Waals surface area contributed by atoms with Crippen LogP contribution in [0, 0.1) is 11.3 Å². The fourth-order valence-corrected chi connectivity index (χ4v) is 2.91.